The summed E-state index contributed by atoms with van der Waals surface area (Å²) in [6, 6.07) is 8.42. The van der Waals surface area contributed by atoms with E-state index in [9.17, 15) is 27.6 Å². The third-order valence-corrected chi connectivity index (χ3v) is 6.05. The molecule has 0 aliphatic heterocycles. The largest absolute Gasteiger partial charge is 0.481 e. The average molecular weight is 560 g/mol. The molecular formula is C25H28F3O9P. The van der Waals surface area contributed by atoms with E-state index in [2.05, 4.69) is 0 Å². The third kappa shape index (κ3) is 10.7. The van der Waals surface area contributed by atoms with E-state index < -0.39 is 49.6 Å². The number of rotatable bonds is 15. The molecule has 0 bridgehead atoms. The Kier molecular flexibility index (Phi) is 12.6. The molecule has 2 aromatic carbocycles. The summed E-state index contributed by atoms with van der Waals surface area (Å²) in [6.07, 6.45) is -5.00. The molecule has 2 aromatic rings. The van der Waals surface area contributed by atoms with Gasteiger partial charge < -0.3 is 28.2 Å². The van der Waals surface area contributed by atoms with Crippen LogP contribution in [0.2, 0.25) is 0 Å². The lowest BCUT2D eigenvalue weighted by Crippen LogP contribution is -2.16. The first-order valence-electron chi connectivity index (χ1n) is 11.7. The molecule has 0 amide bonds. The predicted octanol–water partition coefficient (Wildman–Crippen LogP) is 5.94. The van der Waals surface area contributed by atoms with Crippen LogP contribution in [0.4, 0.5) is 13.2 Å². The molecule has 0 fully saturated rings. The van der Waals surface area contributed by atoms with Gasteiger partial charge in [-0.05, 0) is 62.6 Å². The maximum atomic E-state index is 13.2. The zero-order valence-corrected chi connectivity index (χ0v) is 21.7. The molecule has 0 aliphatic carbocycles. The summed E-state index contributed by atoms with van der Waals surface area (Å²) in [5.41, 5.74) is -0.674. The number of carbonyl (C=O) groups excluding carboxylic acids is 2. The minimum absolute atomic E-state index is 0.0801. The van der Waals surface area contributed by atoms with Crippen LogP contribution in [-0.4, -0.2) is 42.8 Å². The molecule has 0 aromatic heterocycles. The van der Waals surface area contributed by atoms with Gasteiger partial charge in [-0.25, -0.2) is 4.79 Å². The van der Waals surface area contributed by atoms with E-state index in [1.165, 1.54) is 12.1 Å². The number of hydrogen-bond acceptors (Lipinski definition) is 8. The first-order chi connectivity index (χ1) is 18.0. The molecule has 0 atom stereocenters. The zero-order valence-electron chi connectivity index (χ0n) is 20.8. The van der Waals surface area contributed by atoms with Gasteiger partial charge in [0.25, 0.3) is 0 Å². The van der Waals surface area contributed by atoms with Gasteiger partial charge in [0.05, 0.1) is 25.4 Å². The molecule has 9 nitrogen and oxygen atoms in total. The van der Waals surface area contributed by atoms with Crippen LogP contribution in [0.1, 0.15) is 54.6 Å². The number of ether oxygens (including phenoxy) is 2. The van der Waals surface area contributed by atoms with Crippen molar-refractivity contribution >= 4 is 26.5 Å². The molecule has 0 radical (unpaired) electrons. The van der Waals surface area contributed by atoms with E-state index in [4.69, 9.17) is 28.2 Å². The van der Waals surface area contributed by atoms with Crippen molar-refractivity contribution < 1.29 is 55.7 Å². The fraction of sp³-hybridized carbons (Fsp3) is 0.400. The number of esters is 2. The molecule has 0 saturated heterocycles. The van der Waals surface area contributed by atoms with Crippen LogP contribution in [0.3, 0.4) is 0 Å². The molecule has 38 heavy (non-hydrogen) atoms. The van der Waals surface area contributed by atoms with E-state index in [-0.39, 0.29) is 25.0 Å². The van der Waals surface area contributed by atoms with Gasteiger partial charge in [0, 0.05) is 12.8 Å². The smallest absolute Gasteiger partial charge is 0.416 e. The van der Waals surface area contributed by atoms with Crippen LogP contribution in [0, 0.1) is 0 Å². The van der Waals surface area contributed by atoms with Crippen molar-refractivity contribution in [3.63, 3.8) is 0 Å². The molecule has 0 aliphatic rings. The molecule has 0 saturated carbocycles. The minimum Gasteiger partial charge on any atom is -0.481 e. The fourth-order valence-electron chi connectivity index (χ4n) is 2.96. The molecule has 0 spiro atoms. The van der Waals surface area contributed by atoms with Crippen LogP contribution in [0.25, 0.3) is 0 Å². The summed E-state index contributed by atoms with van der Waals surface area (Å²) in [6.45, 7) is 4.90. The first-order valence-corrected chi connectivity index (χ1v) is 12.8. The lowest BCUT2D eigenvalue weighted by atomic mass is 10.1. The maximum Gasteiger partial charge on any atom is 0.416 e. The highest BCUT2D eigenvalue weighted by Gasteiger charge is 2.32. The average Bonchev–Trinajstić information content (AvgIpc) is 2.84. The number of halogens is 3. The monoisotopic (exact) mass is 560 g/mol. The number of alkyl halides is 3. The Labute approximate surface area is 218 Å². The summed E-state index contributed by atoms with van der Waals surface area (Å²) in [7, 11) is -1.43. The number of carboxylic acids is 1. The highest BCUT2D eigenvalue weighted by Crippen LogP contribution is 2.39. The Balaban J connectivity index is 2.07. The number of benzene rings is 2. The Morgan fingerprint density at radius 2 is 1.55 bits per heavy atom. The van der Waals surface area contributed by atoms with Gasteiger partial charge in [-0.15, -0.1) is 0 Å². The predicted molar refractivity (Wildman–Crippen MR) is 130 cm³/mol. The second-order valence-corrected chi connectivity index (χ2v) is 8.83. The first kappa shape index (κ1) is 31.2. The van der Waals surface area contributed by atoms with E-state index >= 15 is 0 Å². The minimum atomic E-state index is -4.75. The van der Waals surface area contributed by atoms with E-state index in [0.29, 0.717) is 38.4 Å². The normalized spacial score (nSPS) is 11.4. The summed E-state index contributed by atoms with van der Waals surface area (Å²) in [5, 5.41) is 8.67. The third-order valence-electron chi connectivity index (χ3n) is 4.71. The van der Waals surface area contributed by atoms with Crippen LogP contribution in [0.5, 0.6) is 11.5 Å². The van der Waals surface area contributed by atoms with Crippen molar-refractivity contribution in [2.24, 2.45) is 0 Å². The number of carbonyl (C=O) groups is 3. The van der Waals surface area contributed by atoms with Gasteiger partial charge in [-0.3, -0.25) is 9.59 Å². The van der Waals surface area contributed by atoms with Crippen molar-refractivity contribution in [3.05, 3.63) is 59.2 Å². The lowest BCUT2D eigenvalue weighted by Gasteiger charge is -2.15. The van der Waals surface area contributed by atoms with Gasteiger partial charge in [0.15, 0.2) is 0 Å². The van der Waals surface area contributed by atoms with Crippen molar-refractivity contribution in [3.8, 4) is 11.5 Å². The van der Waals surface area contributed by atoms with Gasteiger partial charge >= 0.3 is 32.7 Å². The summed E-state index contributed by atoms with van der Waals surface area (Å²) in [5.74, 6) is -3.69. The molecule has 13 heteroatoms. The second kappa shape index (κ2) is 15.4. The number of hydrogen-bond donors (Lipinski definition) is 1. The van der Waals surface area contributed by atoms with Gasteiger partial charge in [-0.2, -0.15) is 13.2 Å². The molecule has 1 N–H and O–H groups in total. The maximum absolute atomic E-state index is 13.2. The van der Waals surface area contributed by atoms with Crippen molar-refractivity contribution in [2.75, 3.05) is 19.8 Å². The molecule has 208 valence electrons. The molecule has 2 rings (SSSR count). The van der Waals surface area contributed by atoms with Crippen LogP contribution in [0.15, 0.2) is 42.5 Å². The summed E-state index contributed by atoms with van der Waals surface area (Å²) >= 11 is 0. The standard InChI is InChI=1S/C25H28F3O9P/c1-3-33-38(34-4-2)35-15-14-17-8-11-19(12-9-17)36-24(32)20-13-10-18(25(26,27)28)16-21(20)37-23(31)7-5-6-22(29)30/h8-13,16H,3-7,14-15H2,1-2H3,(H,29,30). The summed E-state index contributed by atoms with van der Waals surface area (Å²) in [4.78, 5) is 35.4. The van der Waals surface area contributed by atoms with Crippen molar-refractivity contribution in [2.45, 2.75) is 45.7 Å². The lowest BCUT2D eigenvalue weighted by molar-refractivity contribution is -0.140. The Morgan fingerprint density at radius 3 is 2.13 bits per heavy atom. The van der Waals surface area contributed by atoms with Gasteiger partial charge in [0.1, 0.15) is 17.1 Å². The van der Waals surface area contributed by atoms with Gasteiger partial charge in [0.2, 0.25) is 0 Å². The van der Waals surface area contributed by atoms with Crippen molar-refractivity contribution in [1.82, 2.24) is 0 Å². The molecular weight excluding hydrogens is 532 g/mol. The number of aliphatic carboxylic acids is 1. The highest BCUT2D eigenvalue weighted by atomic mass is 31.2. The Bertz CT molecular complexity index is 1070. The van der Waals surface area contributed by atoms with Crippen LogP contribution in [-0.2, 0) is 35.8 Å². The van der Waals surface area contributed by atoms with E-state index in [1.54, 1.807) is 12.1 Å². The Hall–Kier alpha value is -3.05. The van der Waals surface area contributed by atoms with E-state index in [1.807, 2.05) is 13.8 Å². The highest BCUT2D eigenvalue weighted by molar-refractivity contribution is 7.41. The zero-order chi connectivity index (χ0) is 28.1. The summed E-state index contributed by atoms with van der Waals surface area (Å²) < 4.78 is 66.1. The molecule has 0 heterocycles. The van der Waals surface area contributed by atoms with Crippen molar-refractivity contribution in [1.29, 1.82) is 0 Å². The van der Waals surface area contributed by atoms with E-state index in [0.717, 1.165) is 11.6 Å². The Morgan fingerprint density at radius 1 is 0.895 bits per heavy atom. The second-order valence-electron chi connectivity index (χ2n) is 7.61. The quantitative estimate of drug-likeness (QED) is 0.160. The van der Waals surface area contributed by atoms with Gasteiger partial charge in [-0.1, -0.05) is 12.1 Å². The molecule has 0 unspecified atom stereocenters. The topological polar surface area (TPSA) is 118 Å². The SMILES string of the molecule is CCOP(OCC)OCCc1ccc(OC(=O)c2ccc(C(F)(F)F)cc2OC(=O)CCCC(=O)O)cc1. The number of carboxylic acid groups (broad SMARTS) is 1. The van der Waals surface area contributed by atoms with Crippen LogP contribution >= 0.6 is 8.60 Å². The fourth-order valence-corrected chi connectivity index (χ4v) is 3.84. The van der Waals surface area contributed by atoms with Crippen LogP contribution < -0.4 is 9.47 Å².